The Morgan fingerprint density at radius 3 is 3.06 bits per heavy atom. The molecular weight excluding hydrogens is 297 g/mol. The summed E-state index contributed by atoms with van der Waals surface area (Å²) in [6.45, 7) is 2.04. The predicted octanol–water partition coefficient (Wildman–Crippen LogP) is 2.32. The summed E-state index contributed by atoms with van der Waals surface area (Å²) < 4.78 is 6.92. The molecule has 0 unspecified atom stereocenters. The first kappa shape index (κ1) is 11.3. The minimum absolute atomic E-state index is 0.206. The Bertz CT molecular complexity index is 516. The lowest BCUT2D eigenvalue weighted by Gasteiger charge is -1.96. The van der Waals surface area contributed by atoms with Gasteiger partial charge >= 0.3 is 5.97 Å². The maximum Gasteiger partial charge on any atom is 0.358 e. The van der Waals surface area contributed by atoms with Crippen molar-refractivity contribution < 1.29 is 9.53 Å². The Morgan fingerprint density at radius 1 is 1.69 bits per heavy atom. The van der Waals surface area contributed by atoms with Crippen LogP contribution in [-0.4, -0.2) is 26.9 Å². The number of carbonyl (C=O) groups excluding carboxylic acids is 1. The van der Waals surface area contributed by atoms with Crippen molar-refractivity contribution in [2.75, 3.05) is 6.61 Å². The zero-order chi connectivity index (χ0) is 11.7. The minimum Gasteiger partial charge on any atom is -0.461 e. The molecule has 5 nitrogen and oxygen atoms in total. The molecule has 2 aromatic heterocycles. The third-order valence-electron chi connectivity index (χ3n) is 1.89. The zero-order valence-electron chi connectivity index (χ0n) is 8.28. The summed E-state index contributed by atoms with van der Waals surface area (Å²) in [5, 5.41) is 0.376. The summed E-state index contributed by atoms with van der Waals surface area (Å²) in [6.07, 6.45) is 2.98. The number of fused-ring (bicyclic) bond motifs is 1. The Labute approximate surface area is 105 Å². The summed E-state index contributed by atoms with van der Waals surface area (Å²) in [6, 6.07) is 0. The minimum atomic E-state index is -0.478. The van der Waals surface area contributed by atoms with Gasteiger partial charge in [0.25, 0.3) is 0 Å². The molecule has 0 fully saturated rings. The Balaban J connectivity index is 2.55. The van der Waals surface area contributed by atoms with Crippen LogP contribution in [0.2, 0.25) is 5.15 Å². The number of ether oxygens (including phenoxy) is 1. The van der Waals surface area contributed by atoms with Gasteiger partial charge in [-0.15, -0.1) is 0 Å². The SMILES string of the molecule is CCOC(=O)c1cn2c(Cl)cnc(Br)c2n1. The number of nitrogens with zero attached hydrogens (tertiary/aromatic N) is 3. The molecule has 0 aliphatic carbocycles. The average Bonchev–Trinajstić information content (AvgIpc) is 2.70. The molecule has 0 atom stereocenters. The van der Waals surface area contributed by atoms with Crippen LogP contribution in [0.3, 0.4) is 0 Å². The lowest BCUT2D eigenvalue weighted by Crippen LogP contribution is -2.04. The van der Waals surface area contributed by atoms with E-state index in [1.165, 1.54) is 12.4 Å². The summed E-state index contributed by atoms with van der Waals surface area (Å²) in [5.74, 6) is -0.478. The molecule has 0 saturated carbocycles. The first-order valence-corrected chi connectivity index (χ1v) is 5.66. The molecule has 0 saturated heterocycles. The number of imidazole rings is 1. The van der Waals surface area contributed by atoms with Crippen LogP contribution in [0.1, 0.15) is 17.4 Å². The second-order valence-corrected chi connectivity index (χ2v) is 4.05. The van der Waals surface area contributed by atoms with Gasteiger partial charge in [0.15, 0.2) is 11.3 Å². The van der Waals surface area contributed by atoms with E-state index in [0.717, 1.165) is 0 Å². The molecule has 0 bridgehead atoms. The van der Waals surface area contributed by atoms with E-state index in [1.807, 2.05) is 0 Å². The fraction of sp³-hybridized carbons (Fsp3) is 0.222. The van der Waals surface area contributed by atoms with Crippen LogP contribution in [0.25, 0.3) is 5.65 Å². The molecule has 84 valence electrons. The lowest BCUT2D eigenvalue weighted by atomic mass is 10.5. The zero-order valence-corrected chi connectivity index (χ0v) is 10.6. The molecule has 7 heteroatoms. The first-order valence-electron chi connectivity index (χ1n) is 4.49. The molecule has 0 aliphatic heterocycles. The Morgan fingerprint density at radius 2 is 2.44 bits per heavy atom. The highest BCUT2D eigenvalue weighted by atomic mass is 79.9. The first-order chi connectivity index (χ1) is 7.63. The molecule has 0 spiro atoms. The van der Waals surface area contributed by atoms with Crippen LogP contribution < -0.4 is 0 Å². The predicted molar refractivity (Wildman–Crippen MR) is 61.7 cm³/mol. The van der Waals surface area contributed by atoms with E-state index in [4.69, 9.17) is 16.3 Å². The van der Waals surface area contributed by atoms with Gasteiger partial charge in [0.1, 0.15) is 9.76 Å². The van der Waals surface area contributed by atoms with E-state index in [9.17, 15) is 4.79 Å². The van der Waals surface area contributed by atoms with Crippen LogP contribution in [0.4, 0.5) is 0 Å². The molecular formula is C9H7BrClN3O2. The van der Waals surface area contributed by atoms with Gasteiger partial charge in [0.05, 0.1) is 12.8 Å². The van der Waals surface area contributed by atoms with Crippen molar-refractivity contribution in [3.8, 4) is 0 Å². The van der Waals surface area contributed by atoms with E-state index in [-0.39, 0.29) is 5.69 Å². The number of esters is 1. The molecule has 16 heavy (non-hydrogen) atoms. The molecule has 0 amide bonds. The average molecular weight is 305 g/mol. The molecule has 2 aromatic rings. The number of carbonyl (C=O) groups is 1. The van der Waals surface area contributed by atoms with Crippen LogP contribution in [0.15, 0.2) is 17.0 Å². The fourth-order valence-corrected chi connectivity index (χ4v) is 1.78. The smallest absolute Gasteiger partial charge is 0.358 e. The molecule has 0 aromatic carbocycles. The summed E-state index contributed by atoms with van der Waals surface area (Å²) in [4.78, 5) is 19.5. The lowest BCUT2D eigenvalue weighted by molar-refractivity contribution is 0.0520. The molecule has 0 radical (unpaired) electrons. The number of aromatic nitrogens is 3. The van der Waals surface area contributed by atoms with Crippen LogP contribution in [-0.2, 0) is 4.74 Å². The fourth-order valence-electron chi connectivity index (χ4n) is 1.22. The van der Waals surface area contributed by atoms with Gasteiger partial charge < -0.3 is 4.74 Å². The highest BCUT2D eigenvalue weighted by Crippen LogP contribution is 2.19. The van der Waals surface area contributed by atoms with E-state index in [0.29, 0.717) is 22.0 Å². The number of hydrogen-bond donors (Lipinski definition) is 0. The summed E-state index contributed by atoms with van der Waals surface area (Å²) in [5.41, 5.74) is 0.688. The number of halogens is 2. The van der Waals surface area contributed by atoms with Crippen molar-refractivity contribution in [2.24, 2.45) is 0 Å². The van der Waals surface area contributed by atoms with Gasteiger partial charge in [-0.3, -0.25) is 4.40 Å². The Hall–Kier alpha value is -1.14. The third kappa shape index (κ3) is 1.90. The van der Waals surface area contributed by atoms with Gasteiger partial charge in [0, 0.05) is 6.20 Å². The van der Waals surface area contributed by atoms with Crippen LogP contribution in [0.5, 0.6) is 0 Å². The summed E-state index contributed by atoms with van der Waals surface area (Å²) >= 11 is 9.14. The van der Waals surface area contributed by atoms with Crippen LogP contribution >= 0.6 is 27.5 Å². The van der Waals surface area contributed by atoms with E-state index < -0.39 is 5.97 Å². The standard InChI is InChI=1S/C9H7BrClN3O2/c1-2-16-9(15)5-4-14-6(11)3-12-7(10)8(14)13-5/h3-4H,2H2,1H3. The maximum atomic E-state index is 11.5. The van der Waals surface area contributed by atoms with Gasteiger partial charge in [-0.05, 0) is 22.9 Å². The van der Waals surface area contributed by atoms with E-state index >= 15 is 0 Å². The van der Waals surface area contributed by atoms with Gasteiger partial charge in [-0.1, -0.05) is 11.6 Å². The second kappa shape index (κ2) is 4.39. The van der Waals surface area contributed by atoms with Crippen molar-refractivity contribution in [1.29, 1.82) is 0 Å². The molecule has 2 heterocycles. The second-order valence-electron chi connectivity index (χ2n) is 2.91. The highest BCUT2D eigenvalue weighted by molar-refractivity contribution is 9.10. The van der Waals surface area contributed by atoms with Gasteiger partial charge in [-0.25, -0.2) is 14.8 Å². The van der Waals surface area contributed by atoms with Crippen molar-refractivity contribution in [2.45, 2.75) is 6.92 Å². The largest absolute Gasteiger partial charge is 0.461 e. The molecule has 0 N–H and O–H groups in total. The van der Waals surface area contributed by atoms with Crippen molar-refractivity contribution in [3.63, 3.8) is 0 Å². The van der Waals surface area contributed by atoms with Crippen molar-refractivity contribution in [3.05, 3.63) is 27.8 Å². The molecule has 0 aliphatic rings. The van der Waals surface area contributed by atoms with E-state index in [2.05, 4.69) is 25.9 Å². The highest BCUT2D eigenvalue weighted by Gasteiger charge is 2.14. The van der Waals surface area contributed by atoms with Gasteiger partial charge in [0.2, 0.25) is 0 Å². The number of hydrogen-bond acceptors (Lipinski definition) is 4. The van der Waals surface area contributed by atoms with E-state index in [1.54, 1.807) is 11.3 Å². The normalized spacial score (nSPS) is 10.7. The number of rotatable bonds is 2. The van der Waals surface area contributed by atoms with Crippen molar-refractivity contribution in [1.82, 2.24) is 14.4 Å². The van der Waals surface area contributed by atoms with Gasteiger partial charge in [-0.2, -0.15) is 0 Å². The van der Waals surface area contributed by atoms with Crippen LogP contribution in [0, 0.1) is 0 Å². The monoisotopic (exact) mass is 303 g/mol. The third-order valence-corrected chi connectivity index (χ3v) is 2.73. The maximum absolute atomic E-state index is 11.5. The molecule has 2 rings (SSSR count). The quantitative estimate of drug-likeness (QED) is 0.799. The topological polar surface area (TPSA) is 56.5 Å². The van der Waals surface area contributed by atoms with Crippen molar-refractivity contribution >= 4 is 39.1 Å². The summed E-state index contributed by atoms with van der Waals surface area (Å²) in [7, 11) is 0. The Kier molecular flexibility index (Phi) is 3.11.